The number of piperidine rings is 1. The summed E-state index contributed by atoms with van der Waals surface area (Å²) >= 11 is 0. The summed E-state index contributed by atoms with van der Waals surface area (Å²) in [6, 6.07) is 17.6. The van der Waals surface area contributed by atoms with Crippen LogP contribution in [0.3, 0.4) is 0 Å². The first-order valence-electron chi connectivity index (χ1n) is 14.8. The number of hydrogen-bond donors (Lipinski definition) is 2. The van der Waals surface area contributed by atoms with Crippen LogP contribution in [0, 0.1) is 12.8 Å². The Morgan fingerprint density at radius 2 is 1.72 bits per heavy atom. The molecule has 2 fully saturated rings. The molecule has 2 atom stereocenters. The Kier molecular flexibility index (Phi) is 8.80. The molecular formula is C32H37N9O2. The molecule has 0 radical (unpaired) electrons. The van der Waals surface area contributed by atoms with E-state index in [1.807, 2.05) is 37.3 Å². The van der Waals surface area contributed by atoms with E-state index < -0.39 is 0 Å². The molecule has 0 saturated carbocycles. The van der Waals surface area contributed by atoms with E-state index in [-0.39, 0.29) is 18.0 Å². The van der Waals surface area contributed by atoms with Gasteiger partial charge in [-0.05, 0) is 81.7 Å². The Hall–Kier alpha value is -4.48. The molecule has 222 valence electrons. The number of likely N-dealkylation sites (N-methyl/N-ethyl adjacent to an activating group) is 1. The predicted molar refractivity (Wildman–Crippen MR) is 165 cm³/mol. The van der Waals surface area contributed by atoms with Crippen molar-refractivity contribution < 1.29 is 9.53 Å². The fraction of sp³-hybridized carbons (Fsp3) is 0.375. The first-order valence-corrected chi connectivity index (χ1v) is 14.8. The van der Waals surface area contributed by atoms with E-state index in [0.29, 0.717) is 29.1 Å². The number of carbonyl (C=O) groups excluding carboxylic acids is 1. The molecule has 43 heavy (non-hydrogen) atoms. The lowest BCUT2D eigenvalue weighted by atomic mass is 9.97. The number of aromatic nitrogens is 5. The number of esters is 1. The largest absolute Gasteiger partial charge is 0.461 e. The van der Waals surface area contributed by atoms with Gasteiger partial charge in [0, 0.05) is 50.0 Å². The number of anilines is 4. The lowest BCUT2D eigenvalue weighted by Crippen LogP contribution is -2.40. The second-order valence-electron chi connectivity index (χ2n) is 11.3. The molecule has 4 aromatic rings. The lowest BCUT2D eigenvalue weighted by molar-refractivity contribution is -0.155. The number of hydrogen-bond acceptors (Lipinski definition) is 11. The minimum atomic E-state index is -0.0493. The van der Waals surface area contributed by atoms with Gasteiger partial charge in [0.2, 0.25) is 5.95 Å². The Morgan fingerprint density at radius 1 is 0.907 bits per heavy atom. The summed E-state index contributed by atoms with van der Waals surface area (Å²) in [4.78, 5) is 39.8. The zero-order valence-corrected chi connectivity index (χ0v) is 24.6. The highest BCUT2D eigenvalue weighted by Gasteiger charge is 2.30. The molecule has 2 aliphatic rings. The highest BCUT2D eigenvalue weighted by molar-refractivity contribution is 5.73. The number of nitrogens with one attached hydrogen (secondary N) is 2. The normalized spacial score (nSPS) is 19.2. The van der Waals surface area contributed by atoms with Crippen LogP contribution in [0.25, 0.3) is 11.5 Å². The van der Waals surface area contributed by atoms with Gasteiger partial charge in [0.25, 0.3) is 0 Å². The zero-order chi connectivity index (χ0) is 29.6. The molecule has 2 N–H and O–H groups in total. The third-order valence-corrected chi connectivity index (χ3v) is 7.77. The summed E-state index contributed by atoms with van der Waals surface area (Å²) in [6.07, 6.45) is 6.26. The molecule has 0 amide bonds. The van der Waals surface area contributed by atoms with Crippen molar-refractivity contribution in [2.75, 3.05) is 43.9 Å². The molecule has 6 rings (SSSR count). The summed E-state index contributed by atoms with van der Waals surface area (Å²) < 4.78 is 5.82. The molecule has 0 aliphatic carbocycles. The van der Waals surface area contributed by atoms with Gasteiger partial charge in [0.15, 0.2) is 5.82 Å². The van der Waals surface area contributed by atoms with Gasteiger partial charge in [-0.3, -0.25) is 9.69 Å². The second-order valence-corrected chi connectivity index (χ2v) is 11.3. The summed E-state index contributed by atoms with van der Waals surface area (Å²) in [6.45, 7) is 6.29. The van der Waals surface area contributed by atoms with Crippen LogP contribution >= 0.6 is 0 Å². The van der Waals surface area contributed by atoms with Gasteiger partial charge in [-0.1, -0.05) is 18.2 Å². The van der Waals surface area contributed by atoms with E-state index >= 15 is 0 Å². The molecule has 2 aliphatic heterocycles. The van der Waals surface area contributed by atoms with Crippen LogP contribution in [-0.4, -0.2) is 80.0 Å². The summed E-state index contributed by atoms with van der Waals surface area (Å²) in [5.74, 6) is 2.14. The van der Waals surface area contributed by atoms with Crippen molar-refractivity contribution in [2.24, 2.45) is 5.92 Å². The smallest absolute Gasteiger partial charge is 0.310 e. The maximum atomic E-state index is 12.8. The first kappa shape index (κ1) is 28.6. The van der Waals surface area contributed by atoms with Crippen LogP contribution in [0.2, 0.25) is 0 Å². The third kappa shape index (κ3) is 7.68. The molecule has 3 aromatic heterocycles. The van der Waals surface area contributed by atoms with Gasteiger partial charge < -0.3 is 20.3 Å². The number of pyridine rings is 1. The summed E-state index contributed by atoms with van der Waals surface area (Å²) in [5, 5.41) is 6.51. The Morgan fingerprint density at radius 3 is 2.51 bits per heavy atom. The fourth-order valence-corrected chi connectivity index (χ4v) is 5.56. The molecule has 0 unspecified atom stereocenters. The molecule has 5 heterocycles. The van der Waals surface area contributed by atoms with Crippen LogP contribution in [0.5, 0.6) is 0 Å². The van der Waals surface area contributed by atoms with Gasteiger partial charge in [0.05, 0.1) is 5.92 Å². The van der Waals surface area contributed by atoms with Crippen molar-refractivity contribution in [3.63, 3.8) is 0 Å². The molecule has 11 heteroatoms. The van der Waals surface area contributed by atoms with E-state index in [0.717, 1.165) is 63.4 Å². The van der Waals surface area contributed by atoms with Crippen LogP contribution in [-0.2, 0) is 16.1 Å². The summed E-state index contributed by atoms with van der Waals surface area (Å²) in [7, 11) is 2.07. The standard InChI is InChI=1S/C32H37N9O2/c1-22-5-3-7-27(35-22)30-33-15-12-28(38-30)37-29-13-16-34-32(39-29)36-25-10-8-23(9-11-25)19-41-17-4-6-24(20-41)31(42)43-26-14-18-40(2)21-26/h3,5,7-13,15-16,24,26H,4,6,14,17-21H2,1-2H3,(H2,33,34,36,37,38,39)/t24-,26+/m1/s1. The number of ether oxygens (including phenoxy) is 1. The predicted octanol–water partition coefficient (Wildman–Crippen LogP) is 4.58. The maximum Gasteiger partial charge on any atom is 0.310 e. The van der Waals surface area contributed by atoms with Crippen LogP contribution in [0.15, 0.2) is 67.0 Å². The van der Waals surface area contributed by atoms with E-state index in [1.165, 1.54) is 5.56 Å². The quantitative estimate of drug-likeness (QED) is 0.271. The number of nitrogens with zero attached hydrogens (tertiary/aromatic N) is 7. The van der Waals surface area contributed by atoms with Gasteiger partial charge in [-0.15, -0.1) is 0 Å². The van der Waals surface area contributed by atoms with E-state index in [9.17, 15) is 4.79 Å². The zero-order valence-electron chi connectivity index (χ0n) is 24.6. The van der Waals surface area contributed by atoms with Crippen LogP contribution in [0.1, 0.15) is 30.5 Å². The van der Waals surface area contributed by atoms with E-state index in [4.69, 9.17) is 4.74 Å². The topological polar surface area (TPSA) is 121 Å². The third-order valence-electron chi connectivity index (χ3n) is 7.77. The lowest BCUT2D eigenvalue weighted by Gasteiger charge is -2.32. The van der Waals surface area contributed by atoms with Gasteiger partial charge in [-0.2, -0.15) is 4.98 Å². The highest BCUT2D eigenvalue weighted by atomic mass is 16.5. The minimum Gasteiger partial charge on any atom is -0.461 e. The highest BCUT2D eigenvalue weighted by Crippen LogP contribution is 2.23. The Bertz CT molecular complexity index is 1550. The van der Waals surface area contributed by atoms with E-state index in [1.54, 1.807) is 24.5 Å². The van der Waals surface area contributed by atoms with E-state index in [2.05, 4.69) is 64.5 Å². The summed E-state index contributed by atoms with van der Waals surface area (Å²) in [5.41, 5.74) is 3.70. The maximum absolute atomic E-state index is 12.8. The molecule has 1 aromatic carbocycles. The first-order chi connectivity index (χ1) is 21.0. The van der Waals surface area contributed by atoms with Crippen molar-refractivity contribution in [1.29, 1.82) is 0 Å². The molecule has 0 bridgehead atoms. The van der Waals surface area contributed by atoms with Gasteiger partial charge >= 0.3 is 5.97 Å². The number of likely N-dealkylation sites (tertiary alicyclic amines) is 2. The van der Waals surface area contributed by atoms with Crippen molar-refractivity contribution in [3.8, 4) is 11.5 Å². The number of rotatable bonds is 9. The SMILES string of the molecule is Cc1cccc(-c2nccc(Nc3ccnc(Nc4ccc(CN5CCC[C@@H](C(=O)O[C@H]6CCN(C)C6)C5)cc4)n3)n2)n1. The molecule has 0 spiro atoms. The average molecular weight is 580 g/mol. The number of benzene rings is 1. The molecular weight excluding hydrogens is 542 g/mol. The number of aryl methyl sites for hydroxylation is 1. The minimum absolute atomic E-state index is 0.0371. The van der Waals surface area contributed by atoms with Crippen LogP contribution < -0.4 is 10.6 Å². The second kappa shape index (κ2) is 13.2. The average Bonchev–Trinajstić information content (AvgIpc) is 3.43. The van der Waals surface area contributed by atoms with Crippen molar-refractivity contribution in [3.05, 3.63) is 78.2 Å². The fourth-order valence-electron chi connectivity index (χ4n) is 5.56. The number of carbonyl (C=O) groups is 1. The Labute approximate surface area is 251 Å². The van der Waals surface area contributed by atoms with Gasteiger partial charge in [0.1, 0.15) is 23.4 Å². The molecule has 11 nitrogen and oxygen atoms in total. The Balaban J connectivity index is 1.03. The molecule has 2 saturated heterocycles. The van der Waals surface area contributed by atoms with Crippen molar-refractivity contribution in [2.45, 2.75) is 38.8 Å². The van der Waals surface area contributed by atoms with Crippen molar-refractivity contribution >= 4 is 29.2 Å². The van der Waals surface area contributed by atoms with Crippen LogP contribution in [0.4, 0.5) is 23.3 Å². The van der Waals surface area contributed by atoms with Gasteiger partial charge in [-0.25, -0.2) is 19.9 Å². The van der Waals surface area contributed by atoms with Crippen molar-refractivity contribution in [1.82, 2.24) is 34.7 Å². The monoisotopic (exact) mass is 579 g/mol.